The van der Waals surface area contributed by atoms with Crippen molar-refractivity contribution in [1.82, 2.24) is 4.90 Å². The molecule has 1 heterocycles. The molecule has 3 rings (SSSR count). The molecule has 124 valence electrons. The summed E-state index contributed by atoms with van der Waals surface area (Å²) in [6, 6.07) is 16.4. The highest BCUT2D eigenvalue weighted by Gasteiger charge is 2.30. The van der Waals surface area contributed by atoms with E-state index in [1.807, 2.05) is 30.3 Å². The van der Waals surface area contributed by atoms with Crippen LogP contribution in [-0.2, 0) is 4.79 Å². The van der Waals surface area contributed by atoms with Gasteiger partial charge in [-0.1, -0.05) is 24.3 Å². The number of carbonyl (C=O) groups is 2. The lowest BCUT2D eigenvalue weighted by Gasteiger charge is -2.18. The largest absolute Gasteiger partial charge is 0.497 e. The van der Waals surface area contributed by atoms with Gasteiger partial charge in [-0.25, -0.2) is 4.79 Å². The van der Waals surface area contributed by atoms with Crippen molar-refractivity contribution in [3.8, 4) is 5.75 Å². The van der Waals surface area contributed by atoms with Crippen LogP contribution in [0.15, 0.2) is 54.6 Å². The molecule has 6 heteroatoms. The smallest absolute Gasteiger partial charge is 0.325 e. The van der Waals surface area contributed by atoms with Crippen molar-refractivity contribution in [3.63, 3.8) is 0 Å². The van der Waals surface area contributed by atoms with Crippen molar-refractivity contribution in [2.75, 3.05) is 37.0 Å². The fourth-order valence-electron chi connectivity index (χ4n) is 2.65. The van der Waals surface area contributed by atoms with Crippen LogP contribution < -0.4 is 15.0 Å². The molecule has 0 bridgehead atoms. The Kier molecular flexibility index (Phi) is 4.65. The van der Waals surface area contributed by atoms with Crippen LogP contribution in [0.1, 0.15) is 0 Å². The lowest BCUT2D eigenvalue weighted by Crippen LogP contribution is -2.37. The molecule has 2 aromatic rings. The maximum atomic E-state index is 12.4. The monoisotopic (exact) mass is 325 g/mol. The maximum Gasteiger partial charge on any atom is 0.325 e. The molecule has 1 fully saturated rings. The van der Waals surface area contributed by atoms with E-state index in [4.69, 9.17) is 4.74 Å². The Hall–Kier alpha value is -3.02. The highest BCUT2D eigenvalue weighted by Crippen LogP contribution is 2.20. The van der Waals surface area contributed by atoms with Gasteiger partial charge < -0.3 is 15.0 Å². The van der Waals surface area contributed by atoms with E-state index in [1.54, 1.807) is 41.2 Å². The molecule has 0 saturated carbocycles. The van der Waals surface area contributed by atoms with Gasteiger partial charge in [0.25, 0.3) is 0 Å². The number of rotatable bonds is 5. The van der Waals surface area contributed by atoms with Crippen molar-refractivity contribution in [2.24, 2.45) is 0 Å². The van der Waals surface area contributed by atoms with Crippen LogP contribution in [-0.4, -0.2) is 43.6 Å². The molecule has 1 aliphatic heterocycles. The summed E-state index contributed by atoms with van der Waals surface area (Å²) in [6.07, 6.45) is 0. The number of anilines is 2. The Morgan fingerprint density at radius 1 is 1.12 bits per heavy atom. The fourth-order valence-corrected chi connectivity index (χ4v) is 2.65. The second-order valence-corrected chi connectivity index (χ2v) is 5.47. The summed E-state index contributed by atoms with van der Waals surface area (Å²) >= 11 is 0. The average molecular weight is 325 g/mol. The topological polar surface area (TPSA) is 61.9 Å². The van der Waals surface area contributed by atoms with Gasteiger partial charge in [-0.05, 0) is 24.3 Å². The summed E-state index contributed by atoms with van der Waals surface area (Å²) in [6.45, 7) is 1.13. The van der Waals surface area contributed by atoms with Gasteiger partial charge in [0, 0.05) is 30.5 Å². The number of ether oxygens (including phenoxy) is 1. The quantitative estimate of drug-likeness (QED) is 0.919. The van der Waals surface area contributed by atoms with Crippen LogP contribution >= 0.6 is 0 Å². The first-order valence-corrected chi connectivity index (χ1v) is 7.73. The first-order chi connectivity index (χ1) is 11.7. The first-order valence-electron chi connectivity index (χ1n) is 7.73. The third-order valence-corrected chi connectivity index (χ3v) is 3.85. The van der Waals surface area contributed by atoms with Crippen molar-refractivity contribution in [2.45, 2.75) is 0 Å². The predicted octanol–water partition coefficient (Wildman–Crippen LogP) is 2.58. The average Bonchev–Trinajstić information content (AvgIpc) is 2.96. The molecule has 0 spiro atoms. The molecule has 0 aromatic heterocycles. The first kappa shape index (κ1) is 15.9. The normalized spacial score (nSPS) is 14.0. The second kappa shape index (κ2) is 7.04. The van der Waals surface area contributed by atoms with Crippen LogP contribution in [0.25, 0.3) is 0 Å². The number of urea groups is 1. The van der Waals surface area contributed by atoms with Gasteiger partial charge in [0.15, 0.2) is 0 Å². The number of carbonyl (C=O) groups excluding carboxylic acids is 2. The molecule has 2 aromatic carbocycles. The summed E-state index contributed by atoms with van der Waals surface area (Å²) in [4.78, 5) is 27.9. The summed E-state index contributed by atoms with van der Waals surface area (Å²) in [5, 5.41) is 2.79. The van der Waals surface area contributed by atoms with E-state index >= 15 is 0 Å². The third kappa shape index (κ3) is 3.48. The van der Waals surface area contributed by atoms with E-state index in [0.29, 0.717) is 24.5 Å². The van der Waals surface area contributed by atoms with Gasteiger partial charge in [-0.3, -0.25) is 9.69 Å². The summed E-state index contributed by atoms with van der Waals surface area (Å²) in [5.41, 5.74) is 1.49. The van der Waals surface area contributed by atoms with Crippen LogP contribution in [0, 0.1) is 0 Å². The number of nitrogens with zero attached hydrogens (tertiary/aromatic N) is 2. The molecule has 24 heavy (non-hydrogen) atoms. The molecular weight excluding hydrogens is 306 g/mol. The van der Waals surface area contributed by atoms with E-state index in [0.717, 1.165) is 5.69 Å². The highest BCUT2D eigenvalue weighted by atomic mass is 16.5. The van der Waals surface area contributed by atoms with Gasteiger partial charge >= 0.3 is 6.03 Å². The molecule has 1 aliphatic rings. The van der Waals surface area contributed by atoms with Gasteiger partial charge in [0.2, 0.25) is 5.91 Å². The summed E-state index contributed by atoms with van der Waals surface area (Å²) < 4.78 is 5.13. The lowest BCUT2D eigenvalue weighted by atomic mass is 10.3. The SMILES string of the molecule is COc1cccc(NC(=O)CN2CCN(c3ccccc3)C2=O)c1. The molecule has 0 unspecified atom stereocenters. The Bertz CT molecular complexity index is 733. The minimum absolute atomic E-state index is 0.0272. The van der Waals surface area contributed by atoms with Crippen molar-refractivity contribution < 1.29 is 14.3 Å². The molecule has 0 radical (unpaired) electrons. The van der Waals surface area contributed by atoms with Crippen molar-refractivity contribution in [1.29, 1.82) is 0 Å². The third-order valence-electron chi connectivity index (χ3n) is 3.85. The van der Waals surface area contributed by atoms with Gasteiger partial charge in [-0.15, -0.1) is 0 Å². The van der Waals surface area contributed by atoms with Gasteiger partial charge in [0.1, 0.15) is 12.3 Å². The van der Waals surface area contributed by atoms with Crippen LogP contribution in [0.5, 0.6) is 5.75 Å². The molecule has 6 nitrogen and oxygen atoms in total. The number of hydrogen-bond acceptors (Lipinski definition) is 3. The van der Waals surface area contributed by atoms with Crippen LogP contribution in [0.2, 0.25) is 0 Å². The Morgan fingerprint density at radius 3 is 2.67 bits per heavy atom. The lowest BCUT2D eigenvalue weighted by molar-refractivity contribution is -0.116. The Labute approximate surface area is 140 Å². The van der Waals surface area contributed by atoms with Crippen LogP contribution in [0.4, 0.5) is 16.2 Å². The number of para-hydroxylation sites is 1. The molecule has 0 atom stereocenters. The zero-order valence-electron chi connectivity index (χ0n) is 13.4. The highest BCUT2D eigenvalue weighted by molar-refractivity contribution is 5.99. The Morgan fingerprint density at radius 2 is 1.92 bits per heavy atom. The zero-order valence-corrected chi connectivity index (χ0v) is 13.4. The molecular formula is C18H19N3O3. The number of methoxy groups -OCH3 is 1. The molecule has 3 amide bonds. The van der Waals surface area contributed by atoms with Crippen molar-refractivity contribution in [3.05, 3.63) is 54.6 Å². The number of benzene rings is 2. The van der Waals surface area contributed by atoms with E-state index in [1.165, 1.54) is 0 Å². The second-order valence-electron chi connectivity index (χ2n) is 5.47. The summed E-state index contributed by atoms with van der Waals surface area (Å²) in [5.74, 6) is 0.437. The molecule has 1 saturated heterocycles. The van der Waals surface area contributed by atoms with E-state index in [2.05, 4.69) is 5.32 Å². The number of hydrogen-bond donors (Lipinski definition) is 1. The molecule has 0 aliphatic carbocycles. The molecule has 1 N–H and O–H groups in total. The minimum atomic E-state index is -0.230. The van der Waals surface area contributed by atoms with Gasteiger partial charge in [-0.2, -0.15) is 0 Å². The number of nitrogens with one attached hydrogen (secondary N) is 1. The van der Waals surface area contributed by atoms with Crippen molar-refractivity contribution >= 4 is 23.3 Å². The van der Waals surface area contributed by atoms with Crippen LogP contribution in [0.3, 0.4) is 0 Å². The van der Waals surface area contributed by atoms with E-state index in [-0.39, 0.29) is 18.5 Å². The van der Waals surface area contributed by atoms with E-state index in [9.17, 15) is 9.59 Å². The summed E-state index contributed by atoms with van der Waals surface area (Å²) in [7, 11) is 1.57. The van der Waals surface area contributed by atoms with Gasteiger partial charge in [0.05, 0.1) is 7.11 Å². The number of amides is 3. The maximum absolute atomic E-state index is 12.4. The zero-order chi connectivity index (χ0) is 16.9. The van der Waals surface area contributed by atoms with E-state index < -0.39 is 0 Å². The standard InChI is InChI=1S/C18H19N3O3/c1-24-16-9-5-6-14(12-16)19-17(22)13-20-10-11-21(18(20)23)15-7-3-2-4-8-15/h2-9,12H,10-11,13H2,1H3,(H,19,22). The fraction of sp³-hybridized carbons (Fsp3) is 0.222. The predicted molar refractivity (Wildman–Crippen MR) is 92.4 cm³/mol. The Balaban J connectivity index is 1.60. The minimum Gasteiger partial charge on any atom is -0.497 e.